The third-order valence-electron chi connectivity index (χ3n) is 3.30. The minimum Gasteiger partial charge on any atom is -0.492 e. The molecule has 1 N–H and O–H groups in total. The number of nitrogens with zero attached hydrogens (tertiary/aromatic N) is 2. The number of aromatic nitrogens is 2. The number of hydrogen-bond acceptors (Lipinski definition) is 3. The van der Waals surface area contributed by atoms with Crippen molar-refractivity contribution in [1.29, 1.82) is 0 Å². The van der Waals surface area contributed by atoms with Gasteiger partial charge in [-0.1, -0.05) is 17.7 Å². The predicted molar refractivity (Wildman–Crippen MR) is 81.3 cm³/mol. The number of hydrogen-bond donors (Lipinski definition) is 1. The van der Waals surface area contributed by atoms with E-state index in [9.17, 15) is 0 Å². The van der Waals surface area contributed by atoms with Gasteiger partial charge in [-0.15, -0.1) is 0 Å². The maximum atomic E-state index is 6.25. The Labute approximate surface area is 124 Å². The molecule has 0 bridgehead atoms. The molecule has 0 aliphatic carbocycles. The van der Waals surface area contributed by atoms with Crippen LogP contribution in [-0.4, -0.2) is 23.4 Å². The van der Waals surface area contributed by atoms with E-state index in [1.807, 2.05) is 44.7 Å². The van der Waals surface area contributed by atoms with Crippen LogP contribution in [0.25, 0.3) is 0 Å². The van der Waals surface area contributed by atoms with Crippen molar-refractivity contribution in [3.05, 3.63) is 46.7 Å². The Bertz CT molecular complexity index is 568. The number of halogens is 1. The number of ether oxygens (including phenoxy) is 1. The molecule has 0 spiro atoms. The molecule has 2 rings (SSSR count). The second kappa shape index (κ2) is 6.77. The topological polar surface area (TPSA) is 39.1 Å². The van der Waals surface area contributed by atoms with E-state index < -0.39 is 0 Å². The van der Waals surface area contributed by atoms with E-state index in [0.29, 0.717) is 11.6 Å². The Morgan fingerprint density at radius 3 is 2.85 bits per heavy atom. The second-order valence-electron chi connectivity index (χ2n) is 4.82. The van der Waals surface area contributed by atoms with E-state index >= 15 is 0 Å². The Morgan fingerprint density at radius 2 is 2.25 bits per heavy atom. The zero-order valence-electron chi connectivity index (χ0n) is 12.1. The smallest absolute Gasteiger partial charge is 0.137 e. The van der Waals surface area contributed by atoms with E-state index in [-0.39, 0.29) is 6.04 Å². The van der Waals surface area contributed by atoms with Crippen molar-refractivity contribution in [2.75, 3.05) is 13.7 Å². The summed E-state index contributed by atoms with van der Waals surface area (Å²) in [7, 11) is 3.83. The average Bonchev–Trinajstić information content (AvgIpc) is 2.85. The molecule has 1 aromatic carbocycles. The summed E-state index contributed by atoms with van der Waals surface area (Å²) >= 11 is 6.25. The summed E-state index contributed by atoms with van der Waals surface area (Å²) in [6.07, 6.45) is 4.66. The van der Waals surface area contributed by atoms with Crippen LogP contribution in [0.15, 0.2) is 30.6 Å². The highest BCUT2D eigenvalue weighted by Gasteiger charge is 2.07. The molecule has 0 radical (unpaired) electrons. The van der Waals surface area contributed by atoms with E-state index in [1.165, 1.54) is 0 Å². The zero-order valence-corrected chi connectivity index (χ0v) is 12.8. The van der Waals surface area contributed by atoms with Crippen molar-refractivity contribution >= 4 is 11.6 Å². The van der Waals surface area contributed by atoms with Crippen LogP contribution >= 0.6 is 11.6 Å². The van der Waals surface area contributed by atoms with Gasteiger partial charge in [0.15, 0.2) is 0 Å². The molecule has 1 aromatic heterocycles. The van der Waals surface area contributed by atoms with Gasteiger partial charge in [-0.3, -0.25) is 4.68 Å². The third kappa shape index (κ3) is 3.74. The highest BCUT2D eigenvalue weighted by Crippen LogP contribution is 2.27. The van der Waals surface area contributed by atoms with E-state index in [0.717, 1.165) is 23.3 Å². The van der Waals surface area contributed by atoms with E-state index in [4.69, 9.17) is 16.3 Å². The SMILES string of the molecule is CNC(C)c1ccc(OCCc2cnn(C)c2)c(Cl)c1. The quantitative estimate of drug-likeness (QED) is 0.890. The lowest BCUT2D eigenvalue weighted by atomic mass is 10.1. The van der Waals surface area contributed by atoms with Crippen molar-refractivity contribution in [3.8, 4) is 5.75 Å². The van der Waals surface area contributed by atoms with Gasteiger partial charge < -0.3 is 10.1 Å². The Balaban J connectivity index is 1.93. The van der Waals surface area contributed by atoms with Crippen LogP contribution in [0.3, 0.4) is 0 Å². The van der Waals surface area contributed by atoms with Crippen molar-refractivity contribution in [2.24, 2.45) is 7.05 Å². The van der Waals surface area contributed by atoms with Crippen molar-refractivity contribution < 1.29 is 4.74 Å². The van der Waals surface area contributed by atoms with Gasteiger partial charge in [-0.05, 0) is 37.2 Å². The molecular formula is C15H20ClN3O. The first kappa shape index (κ1) is 14.9. The van der Waals surface area contributed by atoms with Gasteiger partial charge in [0.05, 0.1) is 17.8 Å². The summed E-state index contributed by atoms with van der Waals surface area (Å²) in [5.41, 5.74) is 2.31. The first-order chi connectivity index (χ1) is 9.60. The fraction of sp³-hybridized carbons (Fsp3) is 0.400. The zero-order chi connectivity index (χ0) is 14.5. The first-order valence-corrected chi connectivity index (χ1v) is 7.05. The van der Waals surface area contributed by atoms with Crippen molar-refractivity contribution in [2.45, 2.75) is 19.4 Å². The summed E-state index contributed by atoms with van der Waals surface area (Å²) in [5.74, 6) is 0.725. The number of rotatable bonds is 6. The molecular weight excluding hydrogens is 274 g/mol. The maximum Gasteiger partial charge on any atom is 0.137 e. The van der Waals surface area contributed by atoms with E-state index in [1.54, 1.807) is 4.68 Å². The molecule has 108 valence electrons. The third-order valence-corrected chi connectivity index (χ3v) is 3.59. The molecule has 1 heterocycles. The minimum absolute atomic E-state index is 0.275. The Morgan fingerprint density at radius 1 is 1.45 bits per heavy atom. The normalized spacial score (nSPS) is 12.4. The fourth-order valence-corrected chi connectivity index (χ4v) is 2.19. The monoisotopic (exact) mass is 293 g/mol. The molecule has 20 heavy (non-hydrogen) atoms. The summed E-state index contributed by atoms with van der Waals surface area (Å²) in [5, 5.41) is 7.96. The van der Waals surface area contributed by atoms with Crippen molar-refractivity contribution in [1.82, 2.24) is 15.1 Å². The summed E-state index contributed by atoms with van der Waals surface area (Å²) in [6.45, 7) is 2.68. The van der Waals surface area contributed by atoms with Crippen LogP contribution in [0.4, 0.5) is 0 Å². The summed E-state index contributed by atoms with van der Waals surface area (Å²) < 4.78 is 7.52. The molecule has 1 unspecified atom stereocenters. The highest BCUT2D eigenvalue weighted by molar-refractivity contribution is 6.32. The van der Waals surface area contributed by atoms with Crippen LogP contribution in [0.1, 0.15) is 24.1 Å². The molecule has 2 aromatic rings. The van der Waals surface area contributed by atoms with Crippen LogP contribution in [0.5, 0.6) is 5.75 Å². The lowest BCUT2D eigenvalue weighted by Crippen LogP contribution is -2.12. The highest BCUT2D eigenvalue weighted by atomic mass is 35.5. The summed E-state index contributed by atoms with van der Waals surface area (Å²) in [6, 6.07) is 6.18. The number of aryl methyl sites for hydroxylation is 1. The minimum atomic E-state index is 0.275. The van der Waals surface area contributed by atoms with Gasteiger partial charge in [-0.25, -0.2) is 0 Å². The Kier molecular flexibility index (Phi) is 5.04. The average molecular weight is 294 g/mol. The lowest BCUT2D eigenvalue weighted by Gasteiger charge is -2.13. The molecule has 0 saturated heterocycles. The second-order valence-corrected chi connectivity index (χ2v) is 5.23. The molecule has 0 aliphatic rings. The fourth-order valence-electron chi connectivity index (χ4n) is 1.95. The first-order valence-electron chi connectivity index (χ1n) is 6.67. The van der Waals surface area contributed by atoms with Crippen LogP contribution in [0.2, 0.25) is 5.02 Å². The lowest BCUT2D eigenvalue weighted by molar-refractivity contribution is 0.322. The van der Waals surface area contributed by atoms with Crippen molar-refractivity contribution in [3.63, 3.8) is 0 Å². The molecule has 0 aliphatic heterocycles. The van der Waals surface area contributed by atoms with Gasteiger partial charge in [0.1, 0.15) is 5.75 Å². The molecule has 1 atom stereocenters. The number of benzene rings is 1. The standard InChI is InChI=1S/C15H20ClN3O/c1-11(17-2)13-4-5-15(14(16)8-13)20-7-6-12-9-18-19(3)10-12/h4-5,8-11,17H,6-7H2,1-3H3. The maximum absolute atomic E-state index is 6.25. The molecule has 4 nitrogen and oxygen atoms in total. The molecule has 0 amide bonds. The summed E-state index contributed by atoms with van der Waals surface area (Å²) in [4.78, 5) is 0. The Hall–Kier alpha value is -1.52. The van der Waals surface area contributed by atoms with Gasteiger partial charge in [0, 0.05) is 25.7 Å². The van der Waals surface area contributed by atoms with E-state index in [2.05, 4.69) is 17.3 Å². The van der Waals surface area contributed by atoms with Crippen LogP contribution < -0.4 is 10.1 Å². The molecule has 0 saturated carbocycles. The van der Waals surface area contributed by atoms with Gasteiger partial charge >= 0.3 is 0 Å². The largest absolute Gasteiger partial charge is 0.492 e. The predicted octanol–water partition coefficient (Wildman–Crippen LogP) is 2.98. The molecule has 5 heteroatoms. The van der Waals surface area contributed by atoms with Crippen LogP contribution in [0, 0.1) is 0 Å². The van der Waals surface area contributed by atoms with Crippen LogP contribution in [-0.2, 0) is 13.5 Å². The van der Waals surface area contributed by atoms with Gasteiger partial charge in [0.2, 0.25) is 0 Å². The number of nitrogens with one attached hydrogen (secondary N) is 1. The van der Waals surface area contributed by atoms with Gasteiger partial charge in [-0.2, -0.15) is 5.10 Å². The van der Waals surface area contributed by atoms with Gasteiger partial charge in [0.25, 0.3) is 0 Å². The molecule has 0 fully saturated rings.